The van der Waals surface area contributed by atoms with Gasteiger partial charge in [-0.2, -0.15) is 0 Å². The summed E-state index contributed by atoms with van der Waals surface area (Å²) in [4.78, 5) is 24.9. The van der Waals surface area contributed by atoms with Crippen LogP contribution in [0.5, 0.6) is 0 Å². The summed E-state index contributed by atoms with van der Waals surface area (Å²) in [7, 11) is 0. The van der Waals surface area contributed by atoms with Crippen LogP contribution in [0.4, 0.5) is 0 Å². The lowest BCUT2D eigenvalue weighted by molar-refractivity contribution is -0.143. The Morgan fingerprint density at radius 2 is 2.07 bits per heavy atom. The number of rotatable bonds is 4. The normalized spacial score (nSPS) is 18.3. The summed E-state index contributed by atoms with van der Waals surface area (Å²) < 4.78 is 5.15. The second-order valence-electron chi connectivity index (χ2n) is 3.63. The lowest BCUT2D eigenvalue weighted by Gasteiger charge is -2.29. The molecule has 1 atom stereocenters. The topological polar surface area (TPSA) is 46.6 Å². The number of carbonyl (C=O) groups excluding carboxylic acids is 2. The molecule has 1 heterocycles. The SMILES string of the molecule is C=CCC(C(C)=O)C(=O)N1CCOCC1. The smallest absolute Gasteiger partial charge is 0.233 e. The van der Waals surface area contributed by atoms with Gasteiger partial charge in [0.25, 0.3) is 0 Å². The third-order valence-corrected chi connectivity index (χ3v) is 2.51. The minimum atomic E-state index is -0.555. The lowest BCUT2D eigenvalue weighted by Crippen LogP contribution is -2.45. The van der Waals surface area contributed by atoms with E-state index < -0.39 is 5.92 Å². The third-order valence-electron chi connectivity index (χ3n) is 2.51. The second kappa shape index (κ2) is 5.66. The van der Waals surface area contributed by atoms with Crippen LogP contribution in [0.3, 0.4) is 0 Å². The van der Waals surface area contributed by atoms with Crippen molar-refractivity contribution in [3.05, 3.63) is 12.7 Å². The summed E-state index contributed by atoms with van der Waals surface area (Å²) >= 11 is 0. The van der Waals surface area contributed by atoms with Crippen molar-refractivity contribution in [3.63, 3.8) is 0 Å². The van der Waals surface area contributed by atoms with E-state index in [2.05, 4.69) is 6.58 Å². The fraction of sp³-hybridized carbons (Fsp3) is 0.636. The predicted octanol–water partition coefficient (Wildman–Crippen LogP) is 0.626. The van der Waals surface area contributed by atoms with Crippen molar-refractivity contribution < 1.29 is 14.3 Å². The van der Waals surface area contributed by atoms with E-state index in [0.717, 1.165) is 0 Å². The summed E-state index contributed by atoms with van der Waals surface area (Å²) in [6.07, 6.45) is 2.04. The Morgan fingerprint density at radius 3 is 2.53 bits per heavy atom. The van der Waals surface area contributed by atoms with E-state index in [1.54, 1.807) is 11.0 Å². The van der Waals surface area contributed by atoms with Crippen molar-refractivity contribution in [1.82, 2.24) is 4.90 Å². The number of hydrogen-bond donors (Lipinski definition) is 0. The first-order chi connectivity index (χ1) is 7.16. The Kier molecular flexibility index (Phi) is 4.49. The molecule has 1 unspecified atom stereocenters. The van der Waals surface area contributed by atoms with Gasteiger partial charge in [0.05, 0.1) is 19.1 Å². The fourth-order valence-corrected chi connectivity index (χ4v) is 1.61. The van der Waals surface area contributed by atoms with Gasteiger partial charge in [0.15, 0.2) is 0 Å². The lowest BCUT2D eigenvalue weighted by atomic mass is 9.99. The highest BCUT2D eigenvalue weighted by atomic mass is 16.5. The number of ketones is 1. The van der Waals surface area contributed by atoms with Crippen molar-refractivity contribution in [3.8, 4) is 0 Å². The van der Waals surface area contributed by atoms with Gasteiger partial charge in [-0.15, -0.1) is 6.58 Å². The summed E-state index contributed by atoms with van der Waals surface area (Å²) in [6.45, 7) is 7.30. The number of nitrogens with zero attached hydrogens (tertiary/aromatic N) is 1. The highest BCUT2D eigenvalue weighted by molar-refractivity contribution is 6.00. The highest BCUT2D eigenvalue weighted by Crippen LogP contribution is 2.11. The molecule has 1 fully saturated rings. The Morgan fingerprint density at radius 1 is 1.47 bits per heavy atom. The molecule has 0 aliphatic carbocycles. The van der Waals surface area contributed by atoms with Gasteiger partial charge >= 0.3 is 0 Å². The molecule has 0 aromatic rings. The highest BCUT2D eigenvalue weighted by Gasteiger charge is 2.27. The summed E-state index contributed by atoms with van der Waals surface area (Å²) in [6, 6.07) is 0. The van der Waals surface area contributed by atoms with Crippen molar-refractivity contribution in [2.24, 2.45) is 5.92 Å². The average molecular weight is 211 g/mol. The van der Waals surface area contributed by atoms with Crippen LogP contribution in [0.15, 0.2) is 12.7 Å². The van der Waals surface area contributed by atoms with Crippen LogP contribution < -0.4 is 0 Å². The zero-order valence-electron chi connectivity index (χ0n) is 9.07. The second-order valence-corrected chi connectivity index (χ2v) is 3.63. The number of amides is 1. The number of carbonyl (C=O) groups is 2. The summed E-state index contributed by atoms with van der Waals surface area (Å²) in [5.41, 5.74) is 0. The van der Waals surface area contributed by atoms with Gasteiger partial charge in [-0.25, -0.2) is 0 Å². The molecule has 0 spiro atoms. The molecule has 4 heteroatoms. The van der Waals surface area contributed by atoms with E-state index in [9.17, 15) is 9.59 Å². The van der Waals surface area contributed by atoms with Crippen molar-refractivity contribution >= 4 is 11.7 Å². The monoisotopic (exact) mass is 211 g/mol. The van der Waals surface area contributed by atoms with Gasteiger partial charge in [-0.05, 0) is 13.3 Å². The number of hydrogen-bond acceptors (Lipinski definition) is 3. The van der Waals surface area contributed by atoms with Gasteiger partial charge < -0.3 is 9.64 Å². The number of allylic oxidation sites excluding steroid dienone is 1. The van der Waals surface area contributed by atoms with Crippen LogP contribution in [-0.2, 0) is 14.3 Å². The number of ether oxygens (including phenoxy) is 1. The van der Waals surface area contributed by atoms with Gasteiger partial charge in [-0.1, -0.05) is 6.08 Å². The van der Waals surface area contributed by atoms with Crippen molar-refractivity contribution in [1.29, 1.82) is 0 Å². The molecule has 0 saturated carbocycles. The van der Waals surface area contributed by atoms with Crippen LogP contribution in [0.2, 0.25) is 0 Å². The minimum absolute atomic E-state index is 0.0913. The molecule has 84 valence electrons. The van der Waals surface area contributed by atoms with Gasteiger partial charge in [0, 0.05) is 13.1 Å². The molecule has 4 nitrogen and oxygen atoms in total. The van der Waals surface area contributed by atoms with Crippen molar-refractivity contribution in [2.45, 2.75) is 13.3 Å². The van der Waals surface area contributed by atoms with E-state index in [1.165, 1.54) is 6.92 Å². The molecular weight excluding hydrogens is 194 g/mol. The molecule has 1 aliphatic heterocycles. The first-order valence-corrected chi connectivity index (χ1v) is 5.14. The van der Waals surface area contributed by atoms with Crippen LogP contribution in [0.1, 0.15) is 13.3 Å². The molecule has 0 N–H and O–H groups in total. The molecule has 0 aromatic heterocycles. The molecule has 1 rings (SSSR count). The number of morpholine rings is 1. The zero-order valence-corrected chi connectivity index (χ0v) is 9.07. The Hall–Kier alpha value is -1.16. The molecular formula is C11H17NO3. The van der Waals surface area contributed by atoms with Crippen LogP contribution in [0.25, 0.3) is 0 Å². The van der Waals surface area contributed by atoms with E-state index in [1.807, 2.05) is 0 Å². The van der Waals surface area contributed by atoms with E-state index in [0.29, 0.717) is 32.7 Å². The van der Waals surface area contributed by atoms with E-state index >= 15 is 0 Å². The molecule has 1 amide bonds. The third kappa shape index (κ3) is 3.16. The molecule has 0 aromatic carbocycles. The van der Waals surface area contributed by atoms with E-state index in [-0.39, 0.29) is 11.7 Å². The molecule has 15 heavy (non-hydrogen) atoms. The summed E-state index contributed by atoms with van der Waals surface area (Å²) in [5.74, 6) is -0.738. The average Bonchev–Trinajstić information content (AvgIpc) is 2.26. The van der Waals surface area contributed by atoms with Crippen LogP contribution >= 0.6 is 0 Å². The maximum absolute atomic E-state index is 11.9. The Balaban J connectivity index is 2.61. The standard InChI is InChI=1S/C11H17NO3/c1-3-4-10(9(2)13)11(14)12-5-7-15-8-6-12/h3,10H,1,4-8H2,2H3. The first kappa shape index (κ1) is 11.9. The fourth-order valence-electron chi connectivity index (χ4n) is 1.61. The maximum Gasteiger partial charge on any atom is 0.233 e. The van der Waals surface area contributed by atoms with Gasteiger partial charge in [0.2, 0.25) is 5.91 Å². The zero-order chi connectivity index (χ0) is 11.3. The molecule has 1 saturated heterocycles. The Bertz CT molecular complexity index is 257. The number of Topliss-reactive ketones (excluding diaryl/α,β-unsaturated/α-hetero) is 1. The van der Waals surface area contributed by atoms with Crippen LogP contribution in [0, 0.1) is 5.92 Å². The predicted molar refractivity (Wildman–Crippen MR) is 56.4 cm³/mol. The Labute approximate surface area is 89.9 Å². The first-order valence-electron chi connectivity index (χ1n) is 5.14. The minimum Gasteiger partial charge on any atom is -0.378 e. The van der Waals surface area contributed by atoms with Crippen LogP contribution in [-0.4, -0.2) is 42.9 Å². The quantitative estimate of drug-likeness (QED) is 0.506. The largest absolute Gasteiger partial charge is 0.378 e. The molecule has 1 aliphatic rings. The van der Waals surface area contributed by atoms with Gasteiger partial charge in [-0.3, -0.25) is 9.59 Å². The molecule has 0 radical (unpaired) electrons. The van der Waals surface area contributed by atoms with Crippen molar-refractivity contribution in [2.75, 3.05) is 26.3 Å². The van der Waals surface area contributed by atoms with E-state index in [4.69, 9.17) is 4.74 Å². The van der Waals surface area contributed by atoms with Gasteiger partial charge in [0.1, 0.15) is 5.78 Å². The maximum atomic E-state index is 11.9. The molecule has 0 bridgehead atoms. The summed E-state index contributed by atoms with van der Waals surface area (Å²) in [5, 5.41) is 0.